The molecule has 41 heavy (non-hydrogen) atoms. The van der Waals surface area contributed by atoms with Crippen LogP contribution in [0.2, 0.25) is 0 Å². The molecule has 1 saturated heterocycles. The topological polar surface area (TPSA) is 193 Å². The predicted octanol–water partition coefficient (Wildman–Crippen LogP) is 4.20. The summed E-state index contributed by atoms with van der Waals surface area (Å²) in [5, 5.41) is 21.3. The normalized spacial score (nSPS) is 14.3. The van der Waals surface area contributed by atoms with Gasteiger partial charge in [0.15, 0.2) is 22.2 Å². The Hall–Kier alpha value is -5.09. The largest absolute Gasteiger partial charge is 0.493 e. The molecule has 2 amide bonds. The van der Waals surface area contributed by atoms with Crippen LogP contribution in [-0.4, -0.2) is 53.7 Å². The van der Waals surface area contributed by atoms with E-state index in [4.69, 9.17) is 8.92 Å². The maximum absolute atomic E-state index is 12.9. The zero-order valence-electron chi connectivity index (χ0n) is 20.8. The smallest absolute Gasteiger partial charge is 0.346 e. The third-order valence-corrected chi connectivity index (χ3v) is 7.78. The number of ether oxygens (including phenoxy) is 1. The molecule has 1 fully saturated rings. The number of hydrogen-bond acceptors (Lipinski definition) is 12. The lowest BCUT2D eigenvalue weighted by molar-refractivity contribution is -0.387. The predicted molar refractivity (Wildman–Crippen MR) is 144 cm³/mol. The second-order valence-electron chi connectivity index (χ2n) is 8.17. The Bertz CT molecular complexity index is 1740. The van der Waals surface area contributed by atoms with Gasteiger partial charge in [0, 0.05) is 23.8 Å². The van der Waals surface area contributed by atoms with Gasteiger partial charge in [-0.3, -0.25) is 39.5 Å². The number of carbonyl (C=O) groups excluding carboxylic acids is 3. The Labute approximate surface area is 235 Å². The first-order valence-corrected chi connectivity index (χ1v) is 13.5. The minimum atomic E-state index is -4.63. The number of carbonyl (C=O) groups is 3. The maximum Gasteiger partial charge on any atom is 0.346 e. The molecular formula is C25H17N3O11S2. The number of methoxy groups -OCH3 is 1. The first-order valence-electron chi connectivity index (χ1n) is 11.3. The van der Waals surface area contributed by atoms with E-state index in [1.54, 1.807) is 0 Å². The SMILES string of the molecule is COc1cc(/C=C2\SC(=O)N(CC(=O)c3ccc([N+](=O)[O-])cc3)C2=O)ccc1OS(=O)(=O)c1ccccc1[N+](=O)[O-]. The Morgan fingerprint density at radius 3 is 2.29 bits per heavy atom. The van der Waals surface area contributed by atoms with Crippen LogP contribution < -0.4 is 8.92 Å². The van der Waals surface area contributed by atoms with Crippen LogP contribution in [0.5, 0.6) is 11.5 Å². The van der Waals surface area contributed by atoms with E-state index in [2.05, 4.69) is 0 Å². The van der Waals surface area contributed by atoms with Gasteiger partial charge >= 0.3 is 10.1 Å². The van der Waals surface area contributed by atoms with Crippen molar-refractivity contribution in [1.29, 1.82) is 0 Å². The molecule has 0 unspecified atom stereocenters. The Morgan fingerprint density at radius 1 is 0.976 bits per heavy atom. The first-order chi connectivity index (χ1) is 19.4. The van der Waals surface area contributed by atoms with Crippen molar-refractivity contribution in [2.24, 2.45) is 0 Å². The van der Waals surface area contributed by atoms with Crippen molar-refractivity contribution >= 4 is 56.3 Å². The molecule has 0 saturated carbocycles. The summed E-state index contributed by atoms with van der Waals surface area (Å²) in [7, 11) is -3.41. The molecule has 210 valence electrons. The lowest BCUT2D eigenvalue weighted by Crippen LogP contribution is -2.33. The molecule has 0 radical (unpaired) electrons. The number of nitrogens with zero attached hydrogens (tertiary/aromatic N) is 3. The molecule has 0 atom stereocenters. The maximum atomic E-state index is 12.9. The van der Waals surface area contributed by atoms with Crippen molar-refractivity contribution in [3.05, 3.63) is 103 Å². The van der Waals surface area contributed by atoms with Gasteiger partial charge in [0.1, 0.15) is 0 Å². The summed E-state index contributed by atoms with van der Waals surface area (Å²) in [6.45, 7) is -0.584. The molecule has 1 aliphatic heterocycles. The minimum Gasteiger partial charge on any atom is -0.493 e. The highest BCUT2D eigenvalue weighted by Gasteiger charge is 2.36. The second kappa shape index (κ2) is 11.6. The summed E-state index contributed by atoms with van der Waals surface area (Å²) in [5.41, 5.74) is -0.508. The van der Waals surface area contributed by atoms with Gasteiger partial charge in [0.25, 0.3) is 22.5 Å². The van der Waals surface area contributed by atoms with Gasteiger partial charge in [-0.25, -0.2) is 0 Å². The van der Waals surface area contributed by atoms with Crippen LogP contribution in [-0.2, 0) is 14.9 Å². The molecule has 3 aromatic carbocycles. The third-order valence-electron chi connectivity index (χ3n) is 5.59. The van der Waals surface area contributed by atoms with E-state index in [1.807, 2.05) is 0 Å². The molecule has 0 spiro atoms. The lowest BCUT2D eigenvalue weighted by atomic mass is 10.1. The van der Waals surface area contributed by atoms with E-state index in [1.165, 1.54) is 55.7 Å². The average molecular weight is 600 g/mol. The highest BCUT2D eigenvalue weighted by atomic mass is 32.2. The molecule has 0 aromatic heterocycles. The van der Waals surface area contributed by atoms with Gasteiger partial charge in [0.2, 0.25) is 0 Å². The number of Topliss-reactive ketones (excluding diaryl/α,β-unsaturated/α-hetero) is 1. The fraction of sp³-hybridized carbons (Fsp3) is 0.0800. The van der Waals surface area contributed by atoms with Crippen molar-refractivity contribution < 1.29 is 41.6 Å². The molecule has 0 N–H and O–H groups in total. The van der Waals surface area contributed by atoms with Gasteiger partial charge < -0.3 is 8.92 Å². The summed E-state index contributed by atoms with van der Waals surface area (Å²) >= 11 is 0.575. The van der Waals surface area contributed by atoms with Crippen molar-refractivity contribution in [3.8, 4) is 11.5 Å². The van der Waals surface area contributed by atoms with E-state index >= 15 is 0 Å². The van der Waals surface area contributed by atoms with E-state index in [9.17, 15) is 43.0 Å². The number of nitro groups is 2. The third kappa shape index (κ3) is 6.23. The van der Waals surface area contributed by atoms with Crippen LogP contribution >= 0.6 is 11.8 Å². The van der Waals surface area contributed by atoms with E-state index in [0.717, 1.165) is 29.2 Å². The molecule has 16 heteroatoms. The summed E-state index contributed by atoms with van der Waals surface area (Å²) < 4.78 is 35.8. The van der Waals surface area contributed by atoms with Crippen LogP contribution in [0.1, 0.15) is 15.9 Å². The number of rotatable bonds is 10. The van der Waals surface area contributed by atoms with Gasteiger partial charge in [0.05, 0.1) is 28.4 Å². The van der Waals surface area contributed by atoms with Gasteiger partial charge in [-0.1, -0.05) is 18.2 Å². The number of imide groups is 1. The first kappa shape index (κ1) is 28.9. The van der Waals surface area contributed by atoms with Crippen molar-refractivity contribution in [1.82, 2.24) is 4.90 Å². The van der Waals surface area contributed by atoms with E-state index in [-0.39, 0.29) is 27.7 Å². The molecule has 0 aliphatic carbocycles. The molecule has 0 bridgehead atoms. The minimum absolute atomic E-state index is 0.0326. The van der Waals surface area contributed by atoms with Crippen LogP contribution in [0.15, 0.2) is 76.5 Å². The number of para-hydroxylation sites is 1. The van der Waals surface area contributed by atoms with Gasteiger partial charge in [-0.05, 0) is 53.7 Å². The molecule has 1 heterocycles. The zero-order valence-corrected chi connectivity index (χ0v) is 22.4. The van der Waals surface area contributed by atoms with Crippen LogP contribution in [0.3, 0.4) is 0 Å². The monoisotopic (exact) mass is 599 g/mol. The summed E-state index contributed by atoms with van der Waals surface area (Å²) in [6, 6.07) is 13.3. The number of benzene rings is 3. The number of nitro benzene ring substituents is 2. The highest BCUT2D eigenvalue weighted by Crippen LogP contribution is 2.36. The van der Waals surface area contributed by atoms with Crippen LogP contribution in [0, 0.1) is 20.2 Å². The molecule has 14 nitrogen and oxygen atoms in total. The van der Waals surface area contributed by atoms with Gasteiger partial charge in [-0.15, -0.1) is 0 Å². The van der Waals surface area contributed by atoms with E-state index < -0.39 is 54.0 Å². The summed E-state index contributed by atoms with van der Waals surface area (Å²) in [4.78, 5) is 58.5. The number of ketones is 1. The quantitative estimate of drug-likeness (QED) is 0.106. The zero-order chi connectivity index (χ0) is 29.9. The van der Waals surface area contributed by atoms with Crippen molar-refractivity contribution in [3.63, 3.8) is 0 Å². The number of thioether (sulfide) groups is 1. The van der Waals surface area contributed by atoms with Crippen LogP contribution in [0.4, 0.5) is 16.2 Å². The molecule has 4 rings (SSSR count). The Kier molecular flexibility index (Phi) is 8.16. The molecule has 3 aromatic rings. The highest BCUT2D eigenvalue weighted by molar-refractivity contribution is 8.18. The lowest BCUT2D eigenvalue weighted by Gasteiger charge is -2.12. The second-order valence-corrected chi connectivity index (χ2v) is 10.7. The van der Waals surface area contributed by atoms with E-state index in [0.29, 0.717) is 17.3 Å². The number of amides is 2. The summed E-state index contributed by atoms with van der Waals surface area (Å²) in [5.74, 6) is -1.74. The number of non-ortho nitro benzene ring substituents is 1. The molecular weight excluding hydrogens is 582 g/mol. The van der Waals surface area contributed by atoms with Crippen molar-refractivity contribution in [2.75, 3.05) is 13.7 Å². The number of hydrogen-bond donors (Lipinski definition) is 0. The standard InChI is InChI=1S/C25H17N3O11S2/c1-38-21-12-15(6-11-20(21)39-41(36,37)23-5-3-2-4-18(23)28(34)35)13-22-24(30)26(25(31)40-22)14-19(29)16-7-9-17(10-8-16)27(32)33/h2-13H,14H2,1H3/b22-13-. The fourth-order valence-corrected chi connectivity index (χ4v) is 5.56. The Morgan fingerprint density at radius 2 is 1.66 bits per heavy atom. The fourth-order valence-electron chi connectivity index (χ4n) is 3.62. The Balaban J connectivity index is 1.53. The summed E-state index contributed by atoms with van der Waals surface area (Å²) in [6.07, 6.45) is 1.32. The molecule has 1 aliphatic rings. The van der Waals surface area contributed by atoms with Crippen molar-refractivity contribution in [2.45, 2.75) is 4.90 Å². The van der Waals surface area contributed by atoms with Crippen LogP contribution in [0.25, 0.3) is 6.08 Å². The van der Waals surface area contributed by atoms with Gasteiger partial charge in [-0.2, -0.15) is 8.42 Å². The average Bonchev–Trinajstić information content (AvgIpc) is 3.20.